The Bertz CT molecular complexity index is 185. The fraction of sp³-hybridized carbons (Fsp3) is 0.400. The van der Waals surface area contributed by atoms with Gasteiger partial charge in [-0.1, -0.05) is 24.3 Å². The standard InChI is InChI=1S/C10H17N/c1-6-9(2)7-8-10(3)11(4)5/h6-8H,1H2,2-5H3/b9-7-,10-8+. The fourth-order valence-corrected chi connectivity index (χ4v) is 0.469. The normalized spacial score (nSPS) is 13.1. The van der Waals surface area contributed by atoms with Gasteiger partial charge in [-0.2, -0.15) is 0 Å². The first-order valence-electron chi connectivity index (χ1n) is 3.73. The highest BCUT2D eigenvalue weighted by molar-refractivity contribution is 5.21. The number of hydrogen-bond acceptors (Lipinski definition) is 1. The van der Waals surface area contributed by atoms with Crippen molar-refractivity contribution in [1.82, 2.24) is 4.90 Å². The second-order valence-electron chi connectivity index (χ2n) is 2.82. The quantitative estimate of drug-likeness (QED) is 0.560. The third kappa shape index (κ3) is 4.43. The molecule has 1 heteroatoms. The lowest BCUT2D eigenvalue weighted by Crippen LogP contribution is -2.07. The highest BCUT2D eigenvalue weighted by Crippen LogP contribution is 1.99. The summed E-state index contributed by atoms with van der Waals surface area (Å²) in [6.45, 7) is 7.78. The second kappa shape index (κ2) is 4.78. The van der Waals surface area contributed by atoms with Gasteiger partial charge in [-0.15, -0.1) is 0 Å². The summed E-state index contributed by atoms with van der Waals surface area (Å²) in [6.07, 6.45) is 5.98. The van der Waals surface area contributed by atoms with E-state index in [1.54, 1.807) is 0 Å². The van der Waals surface area contributed by atoms with Crippen LogP contribution in [-0.4, -0.2) is 19.0 Å². The van der Waals surface area contributed by atoms with E-state index in [0.29, 0.717) is 0 Å². The third-order valence-electron chi connectivity index (χ3n) is 1.61. The van der Waals surface area contributed by atoms with Gasteiger partial charge in [-0.25, -0.2) is 0 Å². The Morgan fingerprint density at radius 1 is 1.18 bits per heavy atom. The maximum Gasteiger partial charge on any atom is 0.00959 e. The Kier molecular flexibility index (Phi) is 4.35. The minimum atomic E-state index is 1.19. The molecule has 0 bridgehead atoms. The molecule has 0 aromatic heterocycles. The summed E-state index contributed by atoms with van der Waals surface area (Å²) >= 11 is 0. The molecule has 0 aromatic carbocycles. The zero-order chi connectivity index (χ0) is 8.85. The van der Waals surface area contributed by atoms with Crippen LogP contribution < -0.4 is 0 Å². The van der Waals surface area contributed by atoms with Crippen molar-refractivity contribution in [2.45, 2.75) is 13.8 Å². The molecule has 0 amide bonds. The molecule has 0 aliphatic carbocycles. The molecule has 0 radical (unpaired) electrons. The molecule has 0 fully saturated rings. The van der Waals surface area contributed by atoms with Crippen LogP contribution in [-0.2, 0) is 0 Å². The summed E-state index contributed by atoms with van der Waals surface area (Å²) in [5.74, 6) is 0. The van der Waals surface area contributed by atoms with E-state index in [4.69, 9.17) is 0 Å². The Balaban J connectivity index is 4.22. The first-order chi connectivity index (χ1) is 5.07. The monoisotopic (exact) mass is 151 g/mol. The number of hydrogen-bond donors (Lipinski definition) is 0. The number of allylic oxidation sites excluding steroid dienone is 5. The minimum absolute atomic E-state index is 1.19. The second-order valence-corrected chi connectivity index (χ2v) is 2.82. The maximum atomic E-state index is 3.67. The van der Waals surface area contributed by atoms with E-state index in [1.165, 1.54) is 11.3 Å². The lowest BCUT2D eigenvalue weighted by molar-refractivity contribution is 0.514. The summed E-state index contributed by atoms with van der Waals surface area (Å²) in [4.78, 5) is 2.08. The van der Waals surface area contributed by atoms with Crippen molar-refractivity contribution in [3.05, 3.63) is 36.1 Å². The fourth-order valence-electron chi connectivity index (χ4n) is 0.469. The van der Waals surface area contributed by atoms with E-state index in [-0.39, 0.29) is 0 Å². The van der Waals surface area contributed by atoms with Crippen molar-refractivity contribution < 1.29 is 0 Å². The molecule has 0 aliphatic heterocycles. The van der Waals surface area contributed by atoms with Gasteiger partial charge >= 0.3 is 0 Å². The molecule has 62 valence electrons. The van der Waals surface area contributed by atoms with Crippen LogP contribution in [0.5, 0.6) is 0 Å². The first-order valence-corrected chi connectivity index (χ1v) is 3.73. The van der Waals surface area contributed by atoms with Gasteiger partial charge in [0.2, 0.25) is 0 Å². The summed E-state index contributed by atoms with van der Waals surface area (Å²) in [6, 6.07) is 0. The van der Waals surface area contributed by atoms with Crippen LogP contribution in [0.2, 0.25) is 0 Å². The van der Waals surface area contributed by atoms with Gasteiger partial charge < -0.3 is 4.90 Å². The summed E-state index contributed by atoms with van der Waals surface area (Å²) in [7, 11) is 4.06. The van der Waals surface area contributed by atoms with Crippen molar-refractivity contribution in [1.29, 1.82) is 0 Å². The lowest BCUT2D eigenvalue weighted by Gasteiger charge is -2.11. The number of nitrogens with zero attached hydrogens (tertiary/aromatic N) is 1. The van der Waals surface area contributed by atoms with Gasteiger partial charge in [-0.05, 0) is 19.9 Å². The van der Waals surface area contributed by atoms with E-state index < -0.39 is 0 Å². The summed E-state index contributed by atoms with van der Waals surface area (Å²) in [5, 5.41) is 0. The van der Waals surface area contributed by atoms with E-state index in [2.05, 4.69) is 30.6 Å². The van der Waals surface area contributed by atoms with Gasteiger partial charge in [0.25, 0.3) is 0 Å². The van der Waals surface area contributed by atoms with Crippen LogP contribution in [0.3, 0.4) is 0 Å². The van der Waals surface area contributed by atoms with Gasteiger partial charge in [0.05, 0.1) is 0 Å². The average Bonchev–Trinajstić information content (AvgIpc) is 1.99. The molecule has 0 N–H and O–H groups in total. The van der Waals surface area contributed by atoms with Gasteiger partial charge in [-0.3, -0.25) is 0 Å². The minimum Gasteiger partial charge on any atom is -0.381 e. The zero-order valence-corrected chi connectivity index (χ0v) is 7.89. The Hall–Kier alpha value is -0.980. The van der Waals surface area contributed by atoms with Gasteiger partial charge in [0.1, 0.15) is 0 Å². The lowest BCUT2D eigenvalue weighted by atomic mass is 10.2. The molecular formula is C10H17N. The van der Waals surface area contributed by atoms with Gasteiger partial charge in [0.15, 0.2) is 0 Å². The van der Waals surface area contributed by atoms with Crippen LogP contribution in [0.1, 0.15) is 13.8 Å². The molecule has 0 saturated carbocycles. The Morgan fingerprint density at radius 3 is 2.09 bits per heavy atom. The molecule has 0 atom stereocenters. The Morgan fingerprint density at radius 2 is 1.73 bits per heavy atom. The molecule has 0 aliphatic rings. The van der Waals surface area contributed by atoms with Crippen LogP contribution in [0.15, 0.2) is 36.1 Å². The van der Waals surface area contributed by atoms with Crippen molar-refractivity contribution >= 4 is 0 Å². The van der Waals surface area contributed by atoms with Crippen LogP contribution >= 0.6 is 0 Å². The SMILES string of the molecule is C=C/C(C)=C\C=C(/C)N(C)C. The molecule has 0 spiro atoms. The van der Waals surface area contributed by atoms with Crippen molar-refractivity contribution in [2.24, 2.45) is 0 Å². The molecular weight excluding hydrogens is 134 g/mol. The Labute approximate surface area is 69.7 Å². The van der Waals surface area contributed by atoms with Crippen molar-refractivity contribution in [3.8, 4) is 0 Å². The summed E-state index contributed by atoms with van der Waals surface area (Å²) in [5.41, 5.74) is 2.43. The van der Waals surface area contributed by atoms with Crippen LogP contribution in [0, 0.1) is 0 Å². The van der Waals surface area contributed by atoms with Crippen molar-refractivity contribution in [2.75, 3.05) is 14.1 Å². The maximum absolute atomic E-state index is 3.67. The largest absolute Gasteiger partial charge is 0.381 e. The van der Waals surface area contributed by atoms with E-state index in [0.717, 1.165) is 0 Å². The van der Waals surface area contributed by atoms with Crippen molar-refractivity contribution in [3.63, 3.8) is 0 Å². The zero-order valence-electron chi connectivity index (χ0n) is 7.89. The first kappa shape index (κ1) is 10.0. The van der Waals surface area contributed by atoms with E-state index in [1.807, 2.05) is 27.1 Å². The van der Waals surface area contributed by atoms with Crippen LogP contribution in [0.25, 0.3) is 0 Å². The number of rotatable bonds is 3. The predicted molar refractivity (Wildman–Crippen MR) is 51.4 cm³/mol. The highest BCUT2D eigenvalue weighted by Gasteiger charge is 1.86. The molecule has 11 heavy (non-hydrogen) atoms. The predicted octanol–water partition coefficient (Wildman–Crippen LogP) is 2.58. The van der Waals surface area contributed by atoms with E-state index in [9.17, 15) is 0 Å². The summed E-state index contributed by atoms with van der Waals surface area (Å²) < 4.78 is 0. The van der Waals surface area contributed by atoms with Crippen LogP contribution in [0.4, 0.5) is 0 Å². The average molecular weight is 151 g/mol. The molecule has 0 saturated heterocycles. The van der Waals surface area contributed by atoms with E-state index >= 15 is 0 Å². The molecule has 0 unspecified atom stereocenters. The third-order valence-corrected chi connectivity index (χ3v) is 1.61. The molecule has 1 nitrogen and oxygen atoms in total. The van der Waals surface area contributed by atoms with Gasteiger partial charge in [0, 0.05) is 19.8 Å². The smallest absolute Gasteiger partial charge is 0.00959 e. The topological polar surface area (TPSA) is 3.24 Å². The molecule has 0 rings (SSSR count). The molecule has 0 aromatic rings. The highest BCUT2D eigenvalue weighted by atomic mass is 15.1. The molecule has 0 heterocycles.